The first-order chi connectivity index (χ1) is 12.1. The molecule has 1 atom stereocenters. The van der Waals surface area contributed by atoms with Crippen molar-refractivity contribution in [2.75, 3.05) is 13.6 Å². The van der Waals surface area contributed by atoms with E-state index in [4.69, 9.17) is 5.73 Å². The van der Waals surface area contributed by atoms with Crippen LogP contribution in [-0.4, -0.2) is 30.4 Å². The van der Waals surface area contributed by atoms with E-state index < -0.39 is 11.8 Å². The highest BCUT2D eigenvalue weighted by molar-refractivity contribution is 14.0. The highest BCUT2D eigenvalue weighted by atomic mass is 127. The Kier molecular flexibility index (Phi) is 9.56. The molecule has 1 unspecified atom stereocenters. The van der Waals surface area contributed by atoms with Crippen molar-refractivity contribution in [3.63, 3.8) is 0 Å². The summed E-state index contributed by atoms with van der Waals surface area (Å²) in [6.45, 7) is 0.842. The van der Waals surface area contributed by atoms with Crippen LogP contribution in [0, 0.1) is 11.7 Å². The first kappa shape index (κ1) is 21.8. The van der Waals surface area contributed by atoms with Gasteiger partial charge in [0.15, 0.2) is 5.96 Å². The van der Waals surface area contributed by atoms with E-state index >= 15 is 0 Å². The second-order valence-corrected chi connectivity index (χ2v) is 5.56. The van der Waals surface area contributed by atoms with Gasteiger partial charge in [-0.15, -0.1) is 24.0 Å². The molecule has 0 aliphatic heterocycles. The van der Waals surface area contributed by atoms with Crippen LogP contribution in [-0.2, 0) is 17.8 Å². The van der Waals surface area contributed by atoms with Crippen molar-refractivity contribution < 1.29 is 9.18 Å². The van der Waals surface area contributed by atoms with E-state index in [9.17, 15) is 9.18 Å². The molecule has 0 saturated carbocycles. The lowest BCUT2D eigenvalue weighted by Gasteiger charge is -2.17. The van der Waals surface area contributed by atoms with E-state index in [2.05, 4.69) is 20.6 Å². The fourth-order valence-electron chi connectivity index (χ4n) is 2.30. The van der Waals surface area contributed by atoms with Gasteiger partial charge in [0.1, 0.15) is 5.82 Å². The number of pyridine rings is 1. The minimum absolute atomic E-state index is 0. The topological polar surface area (TPSA) is 92.4 Å². The molecule has 4 N–H and O–H groups in total. The molecular weight excluding hydrogens is 448 g/mol. The van der Waals surface area contributed by atoms with Gasteiger partial charge in [0.05, 0.1) is 18.2 Å². The van der Waals surface area contributed by atoms with E-state index in [0.29, 0.717) is 25.5 Å². The summed E-state index contributed by atoms with van der Waals surface area (Å²) in [6.07, 6.45) is 2.15. The zero-order valence-corrected chi connectivity index (χ0v) is 16.8. The highest BCUT2D eigenvalue weighted by Gasteiger charge is 2.16. The molecule has 0 saturated heterocycles. The molecule has 1 aromatic heterocycles. The summed E-state index contributed by atoms with van der Waals surface area (Å²) in [5.41, 5.74) is 7.21. The zero-order valence-electron chi connectivity index (χ0n) is 14.5. The number of rotatable bonds is 7. The van der Waals surface area contributed by atoms with Gasteiger partial charge < -0.3 is 16.4 Å². The Morgan fingerprint density at radius 1 is 1.23 bits per heavy atom. The molecule has 8 heteroatoms. The monoisotopic (exact) mass is 471 g/mol. The minimum Gasteiger partial charge on any atom is -0.369 e. The lowest BCUT2D eigenvalue weighted by Crippen LogP contribution is -2.42. The van der Waals surface area contributed by atoms with Crippen LogP contribution >= 0.6 is 24.0 Å². The predicted octanol–water partition coefficient (Wildman–Crippen LogP) is 1.85. The largest absolute Gasteiger partial charge is 0.369 e. The van der Waals surface area contributed by atoms with Crippen LogP contribution in [0.1, 0.15) is 11.3 Å². The predicted molar refractivity (Wildman–Crippen MR) is 111 cm³/mol. The van der Waals surface area contributed by atoms with Crippen molar-refractivity contribution >= 4 is 35.8 Å². The number of primary amides is 1. The summed E-state index contributed by atoms with van der Waals surface area (Å²) < 4.78 is 13.0. The van der Waals surface area contributed by atoms with E-state index in [0.717, 1.165) is 11.3 Å². The first-order valence-corrected chi connectivity index (χ1v) is 7.96. The second kappa shape index (κ2) is 11.4. The van der Waals surface area contributed by atoms with Gasteiger partial charge in [-0.1, -0.05) is 18.2 Å². The summed E-state index contributed by atoms with van der Waals surface area (Å²) in [6, 6.07) is 11.7. The number of aromatic nitrogens is 1. The summed E-state index contributed by atoms with van der Waals surface area (Å²) in [7, 11) is 1.65. The normalized spacial score (nSPS) is 12.0. The molecule has 0 aliphatic carbocycles. The van der Waals surface area contributed by atoms with Crippen molar-refractivity contribution in [2.45, 2.75) is 13.0 Å². The van der Waals surface area contributed by atoms with Crippen LogP contribution in [0.25, 0.3) is 0 Å². The Bertz CT molecular complexity index is 709. The lowest BCUT2D eigenvalue weighted by molar-refractivity contribution is -0.121. The number of guanidine groups is 1. The number of aliphatic imine (C=N–C) groups is 1. The lowest BCUT2D eigenvalue weighted by atomic mass is 9.98. The summed E-state index contributed by atoms with van der Waals surface area (Å²) in [5.74, 6) is -0.608. The van der Waals surface area contributed by atoms with Crippen LogP contribution in [0.4, 0.5) is 4.39 Å². The number of nitrogens with one attached hydrogen (secondary N) is 2. The Balaban J connectivity index is 0.00000338. The van der Waals surface area contributed by atoms with Crippen LogP contribution in [0.15, 0.2) is 53.7 Å². The number of carbonyl (C=O) groups excluding carboxylic acids is 1. The molecule has 1 amide bonds. The fraction of sp³-hybridized carbons (Fsp3) is 0.278. The molecule has 0 fully saturated rings. The number of carbonyl (C=O) groups is 1. The third kappa shape index (κ3) is 7.34. The molecule has 0 bridgehead atoms. The van der Waals surface area contributed by atoms with Crippen LogP contribution in [0.5, 0.6) is 0 Å². The average molecular weight is 471 g/mol. The van der Waals surface area contributed by atoms with Crippen LogP contribution in [0.3, 0.4) is 0 Å². The van der Waals surface area contributed by atoms with Gasteiger partial charge in [-0.3, -0.25) is 14.8 Å². The van der Waals surface area contributed by atoms with Crippen molar-refractivity contribution in [3.05, 3.63) is 65.7 Å². The van der Waals surface area contributed by atoms with Gasteiger partial charge in [-0.25, -0.2) is 4.39 Å². The van der Waals surface area contributed by atoms with Crippen molar-refractivity contribution in [1.82, 2.24) is 15.6 Å². The minimum atomic E-state index is -0.432. The number of nitrogens with two attached hydrogens (primary N) is 1. The summed E-state index contributed by atoms with van der Waals surface area (Å²) in [5, 5.41) is 6.21. The molecule has 2 aromatic rings. The van der Waals surface area contributed by atoms with E-state index in [1.807, 2.05) is 18.2 Å². The van der Waals surface area contributed by atoms with Crippen molar-refractivity contribution in [3.8, 4) is 0 Å². The molecule has 1 heterocycles. The molecule has 0 aliphatic rings. The average Bonchev–Trinajstić information content (AvgIpc) is 2.63. The Morgan fingerprint density at radius 2 is 1.96 bits per heavy atom. The van der Waals surface area contributed by atoms with E-state index in [-0.39, 0.29) is 29.8 Å². The number of hydrogen-bond acceptors (Lipinski definition) is 3. The number of halogens is 2. The quantitative estimate of drug-likeness (QED) is 0.327. The van der Waals surface area contributed by atoms with Crippen molar-refractivity contribution in [2.24, 2.45) is 16.6 Å². The van der Waals surface area contributed by atoms with Gasteiger partial charge in [-0.2, -0.15) is 0 Å². The van der Waals surface area contributed by atoms with Gasteiger partial charge in [-0.05, 0) is 36.2 Å². The summed E-state index contributed by atoms with van der Waals surface area (Å²) in [4.78, 5) is 20.0. The van der Waals surface area contributed by atoms with Crippen LogP contribution < -0.4 is 16.4 Å². The van der Waals surface area contributed by atoms with Crippen LogP contribution in [0.2, 0.25) is 0 Å². The van der Waals surface area contributed by atoms with Gasteiger partial charge in [0.25, 0.3) is 0 Å². The Hall–Kier alpha value is -2.23. The molecule has 2 rings (SSSR count). The molecule has 0 radical (unpaired) electrons. The molecule has 140 valence electrons. The zero-order chi connectivity index (χ0) is 18.1. The molecular formula is C18H23FIN5O. The fourth-order valence-corrected chi connectivity index (χ4v) is 2.30. The second-order valence-electron chi connectivity index (χ2n) is 5.56. The maximum atomic E-state index is 13.0. The number of hydrogen-bond donors (Lipinski definition) is 3. The molecule has 0 spiro atoms. The van der Waals surface area contributed by atoms with Gasteiger partial charge in [0, 0.05) is 19.8 Å². The smallest absolute Gasteiger partial charge is 0.222 e. The number of amides is 1. The van der Waals surface area contributed by atoms with Crippen molar-refractivity contribution in [1.29, 1.82) is 0 Å². The maximum Gasteiger partial charge on any atom is 0.222 e. The Morgan fingerprint density at radius 3 is 2.54 bits per heavy atom. The summed E-state index contributed by atoms with van der Waals surface area (Å²) >= 11 is 0. The highest BCUT2D eigenvalue weighted by Crippen LogP contribution is 2.09. The molecule has 1 aromatic carbocycles. The third-order valence-corrected chi connectivity index (χ3v) is 3.70. The molecule has 6 nitrogen and oxygen atoms in total. The van der Waals surface area contributed by atoms with Gasteiger partial charge in [0.2, 0.25) is 5.91 Å². The number of nitrogens with zero attached hydrogens (tertiary/aromatic N) is 2. The maximum absolute atomic E-state index is 13.0. The third-order valence-electron chi connectivity index (χ3n) is 3.70. The Labute approximate surface area is 169 Å². The SMILES string of the molecule is CN=C(NCc1ccccn1)NCC(Cc1ccc(F)cc1)C(N)=O.I. The standard InChI is InChI=1S/C18H22FN5O.HI/c1-21-18(24-12-16-4-2-3-9-22-16)23-11-14(17(20)25)10-13-5-7-15(19)8-6-13;/h2-9,14H,10-12H2,1H3,(H2,20,25)(H2,21,23,24);1H. The first-order valence-electron chi connectivity index (χ1n) is 7.96. The van der Waals surface area contributed by atoms with E-state index in [1.54, 1.807) is 25.4 Å². The van der Waals surface area contributed by atoms with E-state index in [1.165, 1.54) is 12.1 Å². The molecule has 26 heavy (non-hydrogen) atoms. The van der Waals surface area contributed by atoms with Gasteiger partial charge >= 0.3 is 0 Å². The number of benzene rings is 1.